The van der Waals surface area contributed by atoms with E-state index in [1.54, 1.807) is 6.92 Å². The van der Waals surface area contributed by atoms with Gasteiger partial charge in [0.2, 0.25) is 17.7 Å². The summed E-state index contributed by atoms with van der Waals surface area (Å²) >= 11 is 0. The second-order valence-corrected chi connectivity index (χ2v) is 3.98. The number of hydrogen-bond donors (Lipinski definition) is 3. The zero-order chi connectivity index (χ0) is 16.1. The number of nitrogens with one attached hydrogen (secondary N) is 2. The summed E-state index contributed by atoms with van der Waals surface area (Å²) < 4.78 is 15.0. The largest absolute Gasteiger partial charge is 0.481 e. The van der Waals surface area contributed by atoms with Crippen molar-refractivity contribution >= 4 is 23.6 Å². The average Bonchev–Trinajstić information content (AvgIpc) is 2.87. The van der Waals surface area contributed by atoms with Gasteiger partial charge in [0.25, 0.3) is 0 Å². The Balaban J connectivity index is 2.33. The fraction of sp³-hybridized carbons (Fsp3) is 0.333. The predicted molar refractivity (Wildman–Crippen MR) is 77.4 cm³/mol. The topological polar surface area (TPSA) is 137 Å². The summed E-state index contributed by atoms with van der Waals surface area (Å²) in [5.74, 6) is 0.326. The quantitative estimate of drug-likeness (QED) is 0.659. The molecule has 0 saturated carbocycles. The molecule has 0 unspecified atom stereocenters. The number of anilines is 3. The van der Waals surface area contributed by atoms with Gasteiger partial charge in [0, 0.05) is 0 Å². The minimum absolute atomic E-state index is 0.0761. The van der Waals surface area contributed by atoms with Crippen molar-refractivity contribution < 1.29 is 19.0 Å². The van der Waals surface area contributed by atoms with Crippen LogP contribution in [0.5, 0.6) is 11.8 Å². The third-order valence-corrected chi connectivity index (χ3v) is 2.60. The van der Waals surface area contributed by atoms with Gasteiger partial charge in [-0.05, 0) is 6.92 Å². The van der Waals surface area contributed by atoms with Gasteiger partial charge in [0.15, 0.2) is 5.82 Å². The number of carbonyl (C=O) groups excluding carboxylic acids is 1. The maximum atomic E-state index is 11.9. The molecule has 4 N–H and O–H groups in total. The van der Waals surface area contributed by atoms with E-state index >= 15 is 0 Å². The lowest BCUT2D eigenvalue weighted by Gasteiger charge is -2.08. The number of methoxy groups -OCH3 is 2. The number of nitrogens with two attached hydrogens (primary N) is 1. The molecule has 118 valence electrons. The fourth-order valence-corrected chi connectivity index (χ4v) is 1.63. The number of H-pyrrole nitrogens is 1. The lowest BCUT2D eigenvalue weighted by Crippen LogP contribution is -2.10. The first-order chi connectivity index (χ1) is 10.6. The minimum Gasteiger partial charge on any atom is -0.481 e. The predicted octanol–water partition coefficient (Wildman–Crippen LogP) is 0.719. The summed E-state index contributed by atoms with van der Waals surface area (Å²) in [7, 11) is 2.92. The molecule has 10 nitrogen and oxygen atoms in total. The number of nitrogens with zero attached hydrogens (tertiary/aromatic N) is 3. The molecule has 0 aliphatic rings. The number of hydrogen-bond acceptors (Lipinski definition) is 9. The van der Waals surface area contributed by atoms with Crippen LogP contribution in [0.2, 0.25) is 0 Å². The van der Waals surface area contributed by atoms with Crippen LogP contribution in [0.15, 0.2) is 6.07 Å². The van der Waals surface area contributed by atoms with E-state index in [1.807, 2.05) is 0 Å². The van der Waals surface area contributed by atoms with E-state index in [1.165, 1.54) is 20.3 Å². The van der Waals surface area contributed by atoms with Crippen LogP contribution in [0.3, 0.4) is 0 Å². The van der Waals surface area contributed by atoms with Gasteiger partial charge in [-0.1, -0.05) is 0 Å². The molecule has 0 atom stereocenters. The van der Waals surface area contributed by atoms with Gasteiger partial charge in [0.05, 0.1) is 26.9 Å². The normalized spacial score (nSPS) is 10.1. The van der Waals surface area contributed by atoms with Crippen molar-refractivity contribution in [2.45, 2.75) is 6.92 Å². The molecular weight excluding hydrogens is 292 g/mol. The van der Waals surface area contributed by atoms with Crippen LogP contribution < -0.4 is 20.5 Å². The van der Waals surface area contributed by atoms with Crippen molar-refractivity contribution in [2.75, 3.05) is 31.9 Å². The van der Waals surface area contributed by atoms with Gasteiger partial charge in [-0.25, -0.2) is 4.79 Å². The van der Waals surface area contributed by atoms with Gasteiger partial charge in [0.1, 0.15) is 11.4 Å². The van der Waals surface area contributed by atoms with Crippen LogP contribution in [-0.2, 0) is 4.74 Å². The van der Waals surface area contributed by atoms with Crippen LogP contribution in [-0.4, -0.2) is 47.0 Å². The van der Waals surface area contributed by atoms with Crippen LogP contribution in [0.25, 0.3) is 0 Å². The molecule has 2 heterocycles. The van der Waals surface area contributed by atoms with E-state index in [0.717, 1.165) is 0 Å². The minimum atomic E-state index is -0.605. The highest BCUT2D eigenvalue weighted by Crippen LogP contribution is 2.24. The molecule has 0 aromatic carbocycles. The van der Waals surface area contributed by atoms with Crippen LogP contribution in [0, 0.1) is 0 Å². The maximum absolute atomic E-state index is 11.9. The first kappa shape index (κ1) is 15.4. The molecule has 0 spiro atoms. The van der Waals surface area contributed by atoms with Crippen molar-refractivity contribution in [3.63, 3.8) is 0 Å². The Bertz CT molecular complexity index is 649. The first-order valence-electron chi connectivity index (χ1n) is 6.34. The van der Waals surface area contributed by atoms with Crippen molar-refractivity contribution in [3.05, 3.63) is 11.6 Å². The summed E-state index contributed by atoms with van der Waals surface area (Å²) in [4.78, 5) is 20.1. The van der Waals surface area contributed by atoms with Gasteiger partial charge < -0.3 is 25.3 Å². The Morgan fingerprint density at radius 3 is 2.50 bits per heavy atom. The van der Waals surface area contributed by atoms with Gasteiger partial charge in [-0.3, -0.25) is 5.10 Å². The number of carbonyl (C=O) groups is 1. The van der Waals surface area contributed by atoms with Gasteiger partial charge >= 0.3 is 5.97 Å². The molecule has 2 rings (SSSR count). The monoisotopic (exact) mass is 308 g/mol. The molecule has 0 amide bonds. The number of nitrogen functional groups attached to an aromatic ring is 1. The highest BCUT2D eigenvalue weighted by molar-refractivity contribution is 5.99. The lowest BCUT2D eigenvalue weighted by atomic mass is 10.3. The third kappa shape index (κ3) is 3.16. The van der Waals surface area contributed by atoms with E-state index < -0.39 is 5.97 Å². The molecule has 10 heteroatoms. The molecule has 0 aliphatic carbocycles. The van der Waals surface area contributed by atoms with E-state index in [4.69, 9.17) is 19.9 Å². The molecule has 22 heavy (non-hydrogen) atoms. The molecule has 0 radical (unpaired) electrons. The summed E-state index contributed by atoms with van der Waals surface area (Å²) in [5, 5.41) is 9.18. The van der Waals surface area contributed by atoms with Crippen molar-refractivity contribution in [3.8, 4) is 11.8 Å². The zero-order valence-corrected chi connectivity index (χ0v) is 12.3. The van der Waals surface area contributed by atoms with Crippen molar-refractivity contribution in [2.24, 2.45) is 0 Å². The zero-order valence-electron chi connectivity index (χ0n) is 12.3. The number of ether oxygens (including phenoxy) is 3. The molecule has 0 fully saturated rings. The molecule has 0 saturated heterocycles. The second-order valence-electron chi connectivity index (χ2n) is 3.98. The van der Waals surface area contributed by atoms with Crippen LogP contribution >= 0.6 is 0 Å². The molecule has 2 aromatic heterocycles. The van der Waals surface area contributed by atoms with Crippen LogP contribution in [0.1, 0.15) is 17.3 Å². The average molecular weight is 308 g/mol. The standard InChI is InChI=1S/C12H16N6O4/c1-4-22-11(19)8-9(13)17-18-10(8)16-12-14-6(20-2)5-7(15-12)21-3/h5H,4H2,1-3H3,(H4,13,14,15,16,17,18). The Kier molecular flexibility index (Phi) is 4.61. The summed E-state index contributed by atoms with van der Waals surface area (Å²) in [6, 6.07) is 1.51. The SMILES string of the molecule is CCOC(=O)c1c(Nc2nc(OC)cc(OC)n2)n[nH]c1N. The third-order valence-electron chi connectivity index (χ3n) is 2.60. The van der Waals surface area contributed by atoms with E-state index in [9.17, 15) is 4.79 Å². The number of aromatic nitrogens is 4. The Hall–Kier alpha value is -3.04. The van der Waals surface area contributed by atoms with Crippen molar-refractivity contribution in [1.82, 2.24) is 20.2 Å². The summed E-state index contributed by atoms with van der Waals surface area (Å²) in [6.07, 6.45) is 0. The summed E-state index contributed by atoms with van der Waals surface area (Å²) in [5.41, 5.74) is 5.77. The lowest BCUT2D eigenvalue weighted by molar-refractivity contribution is 0.0529. The summed E-state index contributed by atoms with van der Waals surface area (Å²) in [6.45, 7) is 1.91. The van der Waals surface area contributed by atoms with E-state index in [0.29, 0.717) is 0 Å². The molecule has 0 bridgehead atoms. The van der Waals surface area contributed by atoms with Gasteiger partial charge in [-0.15, -0.1) is 0 Å². The number of aromatic amines is 1. The Morgan fingerprint density at radius 1 is 1.32 bits per heavy atom. The number of rotatable bonds is 6. The maximum Gasteiger partial charge on any atom is 0.345 e. The van der Waals surface area contributed by atoms with E-state index in [2.05, 4.69) is 25.5 Å². The highest BCUT2D eigenvalue weighted by Gasteiger charge is 2.21. The van der Waals surface area contributed by atoms with Gasteiger partial charge in [-0.2, -0.15) is 15.1 Å². The fourth-order valence-electron chi connectivity index (χ4n) is 1.63. The first-order valence-corrected chi connectivity index (χ1v) is 6.34. The van der Waals surface area contributed by atoms with E-state index in [-0.39, 0.29) is 41.5 Å². The highest BCUT2D eigenvalue weighted by atomic mass is 16.5. The molecule has 0 aliphatic heterocycles. The molecular formula is C12H16N6O4. The van der Waals surface area contributed by atoms with Crippen molar-refractivity contribution in [1.29, 1.82) is 0 Å². The smallest absolute Gasteiger partial charge is 0.345 e. The Morgan fingerprint density at radius 2 is 1.95 bits per heavy atom. The second kappa shape index (κ2) is 6.61. The van der Waals surface area contributed by atoms with Crippen LogP contribution in [0.4, 0.5) is 17.6 Å². The Labute approximate surface area is 126 Å². The molecule has 2 aromatic rings. The number of esters is 1.